The van der Waals surface area contributed by atoms with Gasteiger partial charge in [0.2, 0.25) is 0 Å². The number of carbonyl (C=O) groups excluding carboxylic acids is 2. The molecule has 0 saturated carbocycles. The summed E-state index contributed by atoms with van der Waals surface area (Å²) in [4.78, 5) is 30.6. The predicted octanol–water partition coefficient (Wildman–Crippen LogP) is 3.13. The largest absolute Gasteiger partial charge is 0.458 e. The highest BCUT2D eigenvalue weighted by Crippen LogP contribution is 2.45. The van der Waals surface area contributed by atoms with Crippen LogP contribution in [0.4, 0.5) is 0 Å². The molecule has 1 unspecified atom stereocenters. The van der Waals surface area contributed by atoms with Gasteiger partial charge in [-0.1, -0.05) is 27.7 Å². The van der Waals surface area contributed by atoms with Crippen LogP contribution in [0.2, 0.25) is 0 Å². The monoisotopic (exact) mass is 533 g/mol. The molecule has 0 bridgehead atoms. The van der Waals surface area contributed by atoms with Crippen molar-refractivity contribution >= 4 is 29.2 Å². The van der Waals surface area contributed by atoms with Gasteiger partial charge in [-0.2, -0.15) is 5.26 Å². The van der Waals surface area contributed by atoms with Crippen LogP contribution in [0.15, 0.2) is 11.0 Å². The van der Waals surface area contributed by atoms with Crippen LogP contribution in [0.1, 0.15) is 77.4 Å². The minimum absolute atomic E-state index is 0.188. The van der Waals surface area contributed by atoms with Crippen LogP contribution in [0, 0.1) is 28.6 Å². The molecule has 4 N–H and O–H groups in total. The molecular weight excluding hydrogens is 494 g/mol. The van der Waals surface area contributed by atoms with Crippen LogP contribution in [0.5, 0.6) is 0 Å². The number of nitrogens with two attached hydrogens (primary N) is 1. The number of thiazole rings is 1. The minimum Gasteiger partial charge on any atom is -0.458 e. The van der Waals surface area contributed by atoms with E-state index in [-0.39, 0.29) is 24.5 Å². The Morgan fingerprint density at radius 1 is 1.35 bits per heavy atom. The van der Waals surface area contributed by atoms with E-state index in [1.165, 1.54) is 11.3 Å². The molecule has 2 saturated heterocycles. The number of Topliss-reactive ketones (excluding diaryl/α,β-unsaturated/α-hetero) is 1. The van der Waals surface area contributed by atoms with E-state index in [1.807, 2.05) is 25.3 Å². The quantitative estimate of drug-likeness (QED) is 0.392. The SMILES string of the molecule is C/C(=C\c1csc(CN)n1)[C@@H]1CC2O[C@@]2(C#N)CCC[C@H](C)[C@H](O)[C@@H](C)C(=O)C(C)(C)[C@@H](O)CC(=O)O1. The lowest BCUT2D eigenvalue weighted by Gasteiger charge is -2.34. The van der Waals surface area contributed by atoms with Crippen molar-refractivity contribution in [2.75, 3.05) is 0 Å². The fourth-order valence-electron chi connectivity index (χ4n) is 5.04. The molecule has 2 aliphatic rings. The number of hydrogen-bond acceptors (Lipinski definition) is 10. The smallest absolute Gasteiger partial charge is 0.309 e. The Morgan fingerprint density at radius 2 is 2.05 bits per heavy atom. The van der Waals surface area contributed by atoms with Crippen LogP contribution in [-0.4, -0.2) is 57.0 Å². The molecule has 1 aromatic heterocycles. The van der Waals surface area contributed by atoms with Gasteiger partial charge in [0, 0.05) is 24.3 Å². The molecule has 3 heterocycles. The maximum Gasteiger partial charge on any atom is 0.309 e. The summed E-state index contributed by atoms with van der Waals surface area (Å²) in [7, 11) is 0. The van der Waals surface area contributed by atoms with E-state index in [4.69, 9.17) is 15.2 Å². The van der Waals surface area contributed by atoms with Gasteiger partial charge in [0.1, 0.15) is 29.1 Å². The summed E-state index contributed by atoms with van der Waals surface area (Å²) in [5.74, 6) is -1.89. The van der Waals surface area contributed by atoms with E-state index in [0.29, 0.717) is 31.5 Å². The summed E-state index contributed by atoms with van der Waals surface area (Å²) >= 11 is 1.44. The second-order valence-corrected chi connectivity index (χ2v) is 12.0. The second-order valence-electron chi connectivity index (χ2n) is 11.0. The Kier molecular flexibility index (Phi) is 9.30. The van der Waals surface area contributed by atoms with Gasteiger partial charge in [0.25, 0.3) is 0 Å². The first-order valence-corrected chi connectivity index (χ1v) is 13.7. The lowest BCUT2D eigenvalue weighted by Crippen LogP contribution is -2.45. The molecule has 0 aromatic carbocycles. The van der Waals surface area contributed by atoms with E-state index in [2.05, 4.69) is 11.1 Å². The van der Waals surface area contributed by atoms with E-state index in [1.54, 1.807) is 20.8 Å². The van der Waals surface area contributed by atoms with Crippen molar-refractivity contribution in [1.82, 2.24) is 4.98 Å². The van der Waals surface area contributed by atoms with Crippen LogP contribution in [0.25, 0.3) is 6.08 Å². The number of fused-ring (bicyclic) bond motifs is 1. The van der Waals surface area contributed by atoms with Crippen molar-refractivity contribution in [1.29, 1.82) is 5.26 Å². The Balaban J connectivity index is 1.89. The first-order chi connectivity index (χ1) is 17.3. The fraction of sp³-hybridized carbons (Fsp3) is 0.704. The molecule has 0 aliphatic carbocycles. The van der Waals surface area contributed by atoms with Gasteiger partial charge in [0.05, 0.1) is 29.7 Å². The number of nitrogens with zero attached hydrogens (tertiary/aromatic N) is 2. The van der Waals surface area contributed by atoms with Crippen LogP contribution in [0.3, 0.4) is 0 Å². The van der Waals surface area contributed by atoms with Crippen molar-refractivity contribution in [2.24, 2.45) is 23.0 Å². The second kappa shape index (κ2) is 11.7. The Labute approximate surface area is 222 Å². The van der Waals surface area contributed by atoms with E-state index in [9.17, 15) is 25.1 Å². The van der Waals surface area contributed by atoms with Crippen molar-refractivity contribution < 1.29 is 29.3 Å². The van der Waals surface area contributed by atoms with E-state index in [0.717, 1.165) is 10.6 Å². The molecule has 9 nitrogen and oxygen atoms in total. The average molecular weight is 534 g/mol. The number of nitriles is 1. The third-order valence-electron chi connectivity index (χ3n) is 7.88. The zero-order valence-corrected chi connectivity index (χ0v) is 23.1. The predicted molar refractivity (Wildman–Crippen MR) is 139 cm³/mol. The van der Waals surface area contributed by atoms with Gasteiger partial charge in [-0.05, 0) is 43.8 Å². The maximum absolute atomic E-state index is 13.2. The summed E-state index contributed by atoms with van der Waals surface area (Å²) in [6.07, 6.45) is 0.128. The van der Waals surface area contributed by atoms with Crippen LogP contribution in [-0.2, 0) is 25.6 Å². The highest BCUT2D eigenvalue weighted by molar-refractivity contribution is 7.09. The summed E-state index contributed by atoms with van der Waals surface area (Å²) in [6.45, 7) is 8.85. The summed E-state index contributed by atoms with van der Waals surface area (Å²) in [6, 6.07) is 2.28. The lowest BCUT2D eigenvalue weighted by atomic mass is 9.73. The molecule has 7 atom stereocenters. The Bertz CT molecular complexity index is 1060. The zero-order valence-electron chi connectivity index (χ0n) is 22.3. The van der Waals surface area contributed by atoms with Gasteiger partial charge < -0.3 is 25.4 Å². The molecule has 2 fully saturated rings. The summed E-state index contributed by atoms with van der Waals surface area (Å²) < 4.78 is 11.6. The average Bonchev–Trinajstić information content (AvgIpc) is 3.34. The fourth-order valence-corrected chi connectivity index (χ4v) is 5.67. The molecule has 0 spiro atoms. The number of epoxide rings is 1. The molecule has 0 amide bonds. The number of cyclic esters (lactones) is 1. The molecular formula is C27H39N3O6S. The Morgan fingerprint density at radius 3 is 2.68 bits per heavy atom. The molecule has 204 valence electrons. The number of ketones is 1. The van der Waals surface area contributed by atoms with Crippen molar-refractivity contribution in [2.45, 2.75) is 103 Å². The number of esters is 1. The molecule has 10 heteroatoms. The third-order valence-corrected chi connectivity index (χ3v) is 8.77. The van der Waals surface area contributed by atoms with E-state index >= 15 is 0 Å². The van der Waals surface area contributed by atoms with Crippen molar-refractivity contribution in [3.8, 4) is 6.07 Å². The Hall–Kier alpha value is -2.16. The number of aliphatic hydroxyl groups is 2. The normalized spacial score (nSPS) is 35.8. The molecule has 0 radical (unpaired) electrons. The molecule has 3 rings (SSSR count). The third kappa shape index (κ3) is 6.65. The first kappa shape index (κ1) is 29.4. The summed E-state index contributed by atoms with van der Waals surface area (Å²) in [5, 5.41) is 34.2. The van der Waals surface area contributed by atoms with Gasteiger partial charge >= 0.3 is 5.97 Å². The zero-order chi connectivity index (χ0) is 27.5. The van der Waals surface area contributed by atoms with Gasteiger partial charge in [-0.3, -0.25) is 9.59 Å². The number of rotatable bonds is 3. The van der Waals surface area contributed by atoms with Gasteiger partial charge in [0.15, 0.2) is 5.60 Å². The van der Waals surface area contributed by atoms with Crippen LogP contribution >= 0.6 is 11.3 Å². The maximum atomic E-state index is 13.2. The first-order valence-electron chi connectivity index (χ1n) is 12.9. The van der Waals surface area contributed by atoms with Crippen molar-refractivity contribution in [3.05, 3.63) is 21.7 Å². The van der Waals surface area contributed by atoms with E-state index < -0.39 is 47.3 Å². The number of hydrogen-bond donors (Lipinski definition) is 3. The molecule has 2 aliphatic heterocycles. The minimum atomic E-state index is -1.30. The summed E-state index contributed by atoms with van der Waals surface area (Å²) in [5.41, 5.74) is 4.86. The number of carbonyl (C=O) groups is 2. The number of aromatic nitrogens is 1. The standard InChI is InChI=1S/C27H39N3O6S/c1-15-7-6-8-27(14-29)21(36-27)10-19(16(2)9-18-13-37-22(12-28)30-18)35-23(32)11-20(31)26(4,5)25(34)17(3)24(15)33/h9,13,15,17,19-21,24,31,33H,6-8,10-12,28H2,1-5H3/b16-9+/t15-,17+,19-,20-,21?,24-,27+/m0/s1. The van der Waals surface area contributed by atoms with Crippen LogP contribution < -0.4 is 5.73 Å². The number of aliphatic hydroxyl groups excluding tert-OH is 2. The lowest BCUT2D eigenvalue weighted by molar-refractivity contribution is -0.154. The topological polar surface area (TPSA) is 159 Å². The molecule has 1 aromatic rings. The number of ether oxygens (including phenoxy) is 2. The van der Waals surface area contributed by atoms with Gasteiger partial charge in [-0.15, -0.1) is 11.3 Å². The van der Waals surface area contributed by atoms with Crippen molar-refractivity contribution in [3.63, 3.8) is 0 Å². The highest BCUT2D eigenvalue weighted by atomic mass is 32.1. The van der Waals surface area contributed by atoms with Gasteiger partial charge in [-0.25, -0.2) is 4.98 Å². The highest BCUT2D eigenvalue weighted by Gasteiger charge is 2.57. The molecule has 37 heavy (non-hydrogen) atoms.